The molecule has 5 heteroatoms. The van der Waals surface area contributed by atoms with Crippen LogP contribution in [0.1, 0.15) is 36.8 Å². The highest BCUT2D eigenvalue weighted by Gasteiger charge is 2.15. The Hall–Kier alpha value is -1.24. The fraction of sp³-hybridized carbons (Fsp3) is 0.500. The predicted octanol–water partition coefficient (Wildman–Crippen LogP) is 3.74. The third-order valence-corrected chi connectivity index (χ3v) is 4.53. The predicted molar refractivity (Wildman–Crippen MR) is 109 cm³/mol. The highest BCUT2D eigenvalue weighted by Crippen LogP contribution is 2.20. The fourth-order valence-electron chi connectivity index (χ4n) is 3.28. The molecule has 0 atom stereocenters. The lowest BCUT2D eigenvalue weighted by Crippen LogP contribution is -2.42. The molecule has 1 heterocycles. The molecule has 1 aliphatic rings. The molecule has 0 bridgehead atoms. The van der Waals surface area contributed by atoms with E-state index in [1.165, 1.54) is 47.7 Å². The van der Waals surface area contributed by atoms with Gasteiger partial charge in [0.1, 0.15) is 0 Å². The number of hydrogen-bond donors (Lipinski definition) is 3. The lowest BCUT2D eigenvalue weighted by Gasteiger charge is -2.16. The molecule has 0 saturated heterocycles. The Morgan fingerprint density at radius 2 is 2.09 bits per heavy atom. The van der Waals surface area contributed by atoms with Gasteiger partial charge in [0.25, 0.3) is 0 Å². The molecule has 1 aromatic carbocycles. The molecule has 0 aliphatic heterocycles. The van der Waals surface area contributed by atoms with Crippen LogP contribution in [0.25, 0.3) is 10.9 Å². The summed E-state index contributed by atoms with van der Waals surface area (Å²) in [6.07, 6.45) is 8.32. The Bertz CT molecular complexity index is 656. The number of aliphatic imine (C=N–C) groups is 1. The van der Waals surface area contributed by atoms with E-state index in [1.54, 1.807) is 0 Å². The number of rotatable bonds is 4. The van der Waals surface area contributed by atoms with Gasteiger partial charge < -0.3 is 15.6 Å². The van der Waals surface area contributed by atoms with Crippen LogP contribution in [-0.2, 0) is 6.42 Å². The summed E-state index contributed by atoms with van der Waals surface area (Å²) in [6.45, 7) is 3.02. The van der Waals surface area contributed by atoms with Gasteiger partial charge in [-0.3, -0.25) is 4.99 Å². The zero-order chi connectivity index (χ0) is 15.4. The Morgan fingerprint density at radius 3 is 2.83 bits per heavy atom. The Balaban J connectivity index is 0.00000192. The Morgan fingerprint density at radius 1 is 1.30 bits per heavy atom. The maximum absolute atomic E-state index is 4.33. The molecule has 4 nitrogen and oxygen atoms in total. The van der Waals surface area contributed by atoms with Crippen LogP contribution >= 0.6 is 24.0 Å². The van der Waals surface area contributed by atoms with E-state index >= 15 is 0 Å². The average Bonchev–Trinajstić information content (AvgIpc) is 3.16. The maximum atomic E-state index is 4.33. The number of nitrogens with zero attached hydrogens (tertiary/aromatic N) is 1. The van der Waals surface area contributed by atoms with Crippen LogP contribution in [0.2, 0.25) is 0 Å². The van der Waals surface area contributed by atoms with Gasteiger partial charge in [-0.25, -0.2) is 0 Å². The molecule has 23 heavy (non-hydrogen) atoms. The summed E-state index contributed by atoms with van der Waals surface area (Å²) in [5, 5.41) is 8.28. The molecule has 0 radical (unpaired) electrons. The van der Waals surface area contributed by atoms with Gasteiger partial charge in [0, 0.05) is 36.7 Å². The minimum Gasteiger partial charge on any atom is -0.361 e. The van der Waals surface area contributed by atoms with E-state index in [2.05, 4.69) is 51.9 Å². The van der Waals surface area contributed by atoms with Crippen LogP contribution in [0, 0.1) is 6.92 Å². The van der Waals surface area contributed by atoms with Gasteiger partial charge in [-0.15, -0.1) is 24.0 Å². The van der Waals surface area contributed by atoms with Gasteiger partial charge in [-0.1, -0.05) is 25.0 Å². The molecule has 2 aromatic rings. The molecular formula is C18H27IN4. The second-order valence-electron chi connectivity index (χ2n) is 6.24. The molecule has 3 rings (SSSR count). The number of aryl methyl sites for hydroxylation is 1. The Kier molecular flexibility index (Phi) is 6.74. The fourth-order valence-corrected chi connectivity index (χ4v) is 3.28. The van der Waals surface area contributed by atoms with Crippen molar-refractivity contribution >= 4 is 40.8 Å². The topological polar surface area (TPSA) is 52.2 Å². The normalized spacial score (nSPS) is 15.7. The van der Waals surface area contributed by atoms with Gasteiger partial charge >= 0.3 is 0 Å². The van der Waals surface area contributed by atoms with Crippen molar-refractivity contribution in [1.82, 2.24) is 15.6 Å². The molecule has 0 amide bonds. The number of nitrogens with one attached hydrogen (secondary N) is 3. The first-order valence-corrected chi connectivity index (χ1v) is 8.30. The van der Waals surface area contributed by atoms with Crippen molar-refractivity contribution < 1.29 is 0 Å². The number of hydrogen-bond acceptors (Lipinski definition) is 1. The molecule has 1 saturated carbocycles. The quantitative estimate of drug-likeness (QED) is 0.396. The first kappa shape index (κ1) is 18.1. The number of fused-ring (bicyclic) bond motifs is 1. The van der Waals surface area contributed by atoms with Crippen molar-refractivity contribution in [1.29, 1.82) is 0 Å². The van der Waals surface area contributed by atoms with Crippen LogP contribution in [0.3, 0.4) is 0 Å². The third-order valence-electron chi connectivity index (χ3n) is 4.53. The van der Waals surface area contributed by atoms with E-state index < -0.39 is 0 Å². The monoisotopic (exact) mass is 426 g/mol. The van der Waals surface area contributed by atoms with Crippen LogP contribution in [0.4, 0.5) is 0 Å². The molecule has 0 unspecified atom stereocenters. The lowest BCUT2D eigenvalue weighted by atomic mass is 10.1. The second-order valence-corrected chi connectivity index (χ2v) is 6.24. The van der Waals surface area contributed by atoms with E-state index in [0.717, 1.165) is 18.9 Å². The summed E-state index contributed by atoms with van der Waals surface area (Å²) in [4.78, 5) is 7.70. The first-order valence-electron chi connectivity index (χ1n) is 8.30. The number of aromatic amines is 1. The molecule has 126 valence electrons. The van der Waals surface area contributed by atoms with Crippen molar-refractivity contribution in [2.24, 2.45) is 4.99 Å². The van der Waals surface area contributed by atoms with Crippen molar-refractivity contribution in [2.75, 3.05) is 13.6 Å². The van der Waals surface area contributed by atoms with Crippen LogP contribution < -0.4 is 10.6 Å². The summed E-state index contributed by atoms with van der Waals surface area (Å²) in [5.41, 5.74) is 3.88. The van der Waals surface area contributed by atoms with E-state index in [0.29, 0.717) is 6.04 Å². The SMILES string of the molecule is CN=C(NCCc1c[nH]c2cc(C)ccc12)NC1CCCC1.I. The van der Waals surface area contributed by atoms with Crippen LogP contribution in [-0.4, -0.2) is 30.6 Å². The number of aromatic nitrogens is 1. The largest absolute Gasteiger partial charge is 0.361 e. The standard InChI is InChI=1S/C18H26N4.HI/c1-13-7-8-16-14(12-21-17(16)11-13)9-10-20-18(19-2)22-15-5-3-4-6-15;/h7-8,11-12,15,21H,3-6,9-10H2,1-2H3,(H2,19,20,22);1H. The molecule has 1 aromatic heterocycles. The van der Waals surface area contributed by atoms with Gasteiger partial charge in [0.05, 0.1) is 0 Å². The van der Waals surface area contributed by atoms with Crippen molar-refractivity contribution in [3.63, 3.8) is 0 Å². The van der Waals surface area contributed by atoms with Crippen molar-refractivity contribution in [3.05, 3.63) is 35.5 Å². The zero-order valence-electron chi connectivity index (χ0n) is 14.0. The van der Waals surface area contributed by atoms with E-state index in [1.807, 2.05) is 7.05 Å². The number of halogens is 1. The van der Waals surface area contributed by atoms with E-state index in [9.17, 15) is 0 Å². The average molecular weight is 426 g/mol. The van der Waals surface area contributed by atoms with Crippen molar-refractivity contribution in [3.8, 4) is 0 Å². The smallest absolute Gasteiger partial charge is 0.191 e. The lowest BCUT2D eigenvalue weighted by molar-refractivity contribution is 0.613. The molecule has 1 aliphatic carbocycles. The Labute approximate surface area is 155 Å². The van der Waals surface area contributed by atoms with Crippen LogP contribution in [0.5, 0.6) is 0 Å². The summed E-state index contributed by atoms with van der Waals surface area (Å²) < 4.78 is 0. The van der Waals surface area contributed by atoms with E-state index in [4.69, 9.17) is 0 Å². The first-order chi connectivity index (χ1) is 10.8. The summed E-state index contributed by atoms with van der Waals surface area (Å²) in [5.74, 6) is 0.933. The highest BCUT2D eigenvalue weighted by molar-refractivity contribution is 14.0. The van der Waals surface area contributed by atoms with E-state index in [-0.39, 0.29) is 24.0 Å². The molecule has 3 N–H and O–H groups in total. The maximum Gasteiger partial charge on any atom is 0.191 e. The second kappa shape index (κ2) is 8.57. The molecular weight excluding hydrogens is 399 g/mol. The molecule has 1 fully saturated rings. The third kappa shape index (κ3) is 4.62. The minimum atomic E-state index is 0. The minimum absolute atomic E-state index is 0. The number of H-pyrrole nitrogens is 1. The van der Waals surface area contributed by atoms with Gasteiger partial charge in [-0.05, 0) is 43.4 Å². The zero-order valence-corrected chi connectivity index (χ0v) is 16.3. The number of guanidine groups is 1. The number of benzene rings is 1. The summed E-state index contributed by atoms with van der Waals surface area (Å²) >= 11 is 0. The molecule has 0 spiro atoms. The van der Waals surface area contributed by atoms with Gasteiger partial charge in [0.15, 0.2) is 5.96 Å². The van der Waals surface area contributed by atoms with Gasteiger partial charge in [-0.2, -0.15) is 0 Å². The summed E-state index contributed by atoms with van der Waals surface area (Å²) in [6, 6.07) is 7.19. The summed E-state index contributed by atoms with van der Waals surface area (Å²) in [7, 11) is 1.85. The van der Waals surface area contributed by atoms with Crippen LogP contribution in [0.15, 0.2) is 29.4 Å². The van der Waals surface area contributed by atoms with Gasteiger partial charge in [0.2, 0.25) is 0 Å². The highest BCUT2D eigenvalue weighted by atomic mass is 127. The van der Waals surface area contributed by atoms with Crippen molar-refractivity contribution in [2.45, 2.75) is 45.1 Å².